The van der Waals surface area contributed by atoms with Crippen molar-refractivity contribution in [1.82, 2.24) is 4.90 Å². The molecule has 1 heterocycles. The Balaban J connectivity index is 2.30. The van der Waals surface area contributed by atoms with E-state index in [0.29, 0.717) is 23.6 Å². The van der Waals surface area contributed by atoms with Crippen molar-refractivity contribution in [3.63, 3.8) is 0 Å². The molecule has 5 nitrogen and oxygen atoms in total. The van der Waals surface area contributed by atoms with Crippen LogP contribution >= 0.6 is 11.6 Å². The number of esters is 1. The highest BCUT2D eigenvalue weighted by atomic mass is 35.5. The topological polar surface area (TPSA) is 55.8 Å². The van der Waals surface area contributed by atoms with Crippen LogP contribution in [0.25, 0.3) is 5.57 Å². The lowest BCUT2D eigenvalue weighted by Gasteiger charge is -2.32. The van der Waals surface area contributed by atoms with E-state index in [2.05, 4.69) is 0 Å². The third-order valence-electron chi connectivity index (χ3n) is 3.62. The second-order valence-corrected chi connectivity index (χ2v) is 7.04. The normalized spacial score (nSPS) is 15.3. The Kier molecular flexibility index (Phi) is 5.54. The van der Waals surface area contributed by atoms with E-state index < -0.39 is 17.7 Å². The molecule has 1 aliphatic heterocycles. The Bertz CT molecular complexity index is 659. The van der Waals surface area contributed by atoms with Crippen molar-refractivity contribution in [2.24, 2.45) is 0 Å². The number of rotatable bonds is 2. The average Bonchev–Trinajstić information content (AvgIpc) is 2.52. The highest BCUT2D eigenvalue weighted by molar-refractivity contribution is 6.30. The number of ether oxygens (including phenoxy) is 2. The lowest BCUT2D eigenvalue weighted by atomic mass is 9.93. The fourth-order valence-electron chi connectivity index (χ4n) is 2.53. The quantitative estimate of drug-likeness (QED) is 0.758. The van der Waals surface area contributed by atoms with E-state index >= 15 is 0 Å². The molecule has 24 heavy (non-hydrogen) atoms. The van der Waals surface area contributed by atoms with Crippen LogP contribution in [0.3, 0.4) is 0 Å². The van der Waals surface area contributed by atoms with Crippen LogP contribution in [0.15, 0.2) is 29.8 Å². The number of benzene rings is 1. The zero-order valence-corrected chi connectivity index (χ0v) is 15.1. The number of carbonyl (C=O) groups excluding carboxylic acids is 2. The Morgan fingerprint density at radius 2 is 1.79 bits per heavy atom. The van der Waals surface area contributed by atoms with Crippen molar-refractivity contribution >= 4 is 29.2 Å². The van der Waals surface area contributed by atoms with Gasteiger partial charge in [0.15, 0.2) is 0 Å². The second kappa shape index (κ2) is 7.26. The molecule has 0 unspecified atom stereocenters. The van der Waals surface area contributed by atoms with Gasteiger partial charge >= 0.3 is 12.1 Å². The molecular formula is C18H22ClNO4. The van der Waals surface area contributed by atoms with Gasteiger partial charge in [-0.25, -0.2) is 9.59 Å². The van der Waals surface area contributed by atoms with Gasteiger partial charge in [-0.15, -0.1) is 0 Å². The summed E-state index contributed by atoms with van der Waals surface area (Å²) in [7, 11) is 1.33. The summed E-state index contributed by atoms with van der Waals surface area (Å²) in [5.74, 6) is -0.437. The number of hydrogen-bond acceptors (Lipinski definition) is 4. The van der Waals surface area contributed by atoms with Crippen molar-refractivity contribution in [3.8, 4) is 0 Å². The van der Waals surface area contributed by atoms with E-state index in [0.717, 1.165) is 11.1 Å². The number of nitrogens with zero attached hydrogens (tertiary/aromatic N) is 1. The number of halogens is 1. The molecule has 0 aliphatic carbocycles. The summed E-state index contributed by atoms with van der Waals surface area (Å²) < 4.78 is 10.3. The summed E-state index contributed by atoms with van der Waals surface area (Å²) in [6.07, 6.45) is 0.116. The molecule has 0 fully saturated rings. The summed E-state index contributed by atoms with van der Waals surface area (Å²) in [6, 6.07) is 7.28. The molecule has 0 bridgehead atoms. The predicted octanol–water partition coefficient (Wildman–Crippen LogP) is 3.91. The first kappa shape index (κ1) is 18.3. The summed E-state index contributed by atoms with van der Waals surface area (Å²) >= 11 is 5.93. The van der Waals surface area contributed by atoms with Crippen LogP contribution < -0.4 is 0 Å². The monoisotopic (exact) mass is 351 g/mol. The first-order valence-electron chi connectivity index (χ1n) is 7.75. The van der Waals surface area contributed by atoms with Gasteiger partial charge < -0.3 is 14.4 Å². The average molecular weight is 352 g/mol. The smallest absolute Gasteiger partial charge is 0.410 e. The molecule has 0 atom stereocenters. The van der Waals surface area contributed by atoms with Crippen molar-refractivity contribution in [3.05, 3.63) is 40.4 Å². The van der Waals surface area contributed by atoms with Crippen LogP contribution in [0.4, 0.5) is 4.79 Å². The van der Waals surface area contributed by atoms with Gasteiger partial charge in [-0.2, -0.15) is 0 Å². The Morgan fingerprint density at radius 3 is 2.33 bits per heavy atom. The molecule has 1 aliphatic rings. The van der Waals surface area contributed by atoms with Crippen LogP contribution in [0.2, 0.25) is 5.02 Å². The third-order valence-corrected chi connectivity index (χ3v) is 3.87. The molecule has 0 radical (unpaired) electrons. The summed E-state index contributed by atoms with van der Waals surface area (Å²) in [5.41, 5.74) is 1.67. The lowest BCUT2D eigenvalue weighted by molar-refractivity contribution is -0.136. The van der Waals surface area contributed by atoms with Crippen LogP contribution in [0, 0.1) is 0 Å². The minimum atomic E-state index is -0.581. The maximum Gasteiger partial charge on any atom is 0.410 e. The zero-order valence-electron chi connectivity index (χ0n) is 14.4. The van der Waals surface area contributed by atoms with Crippen molar-refractivity contribution in [2.75, 3.05) is 20.2 Å². The summed E-state index contributed by atoms with van der Waals surface area (Å²) in [6.45, 7) is 6.08. The van der Waals surface area contributed by atoms with Gasteiger partial charge in [-0.3, -0.25) is 0 Å². The minimum Gasteiger partial charge on any atom is -0.466 e. The SMILES string of the molecule is COC(=O)C1=C(c2ccc(Cl)cc2)CCN(C(=O)OC(C)(C)C)C1. The van der Waals surface area contributed by atoms with E-state index in [1.54, 1.807) is 12.1 Å². The fourth-order valence-corrected chi connectivity index (χ4v) is 2.65. The highest BCUT2D eigenvalue weighted by Gasteiger charge is 2.30. The number of methoxy groups -OCH3 is 1. The van der Waals surface area contributed by atoms with Crippen LogP contribution in [0.1, 0.15) is 32.8 Å². The van der Waals surface area contributed by atoms with Gasteiger partial charge in [0, 0.05) is 11.6 Å². The standard InChI is InChI=1S/C18H22ClNO4/c1-18(2,3)24-17(22)20-10-9-14(15(11-20)16(21)23-4)12-5-7-13(19)8-6-12/h5-8H,9-11H2,1-4H3. The Hall–Kier alpha value is -2.01. The molecule has 0 N–H and O–H groups in total. The van der Waals surface area contributed by atoms with Gasteiger partial charge in [0.05, 0.1) is 19.2 Å². The van der Waals surface area contributed by atoms with Crippen LogP contribution in [-0.4, -0.2) is 42.8 Å². The first-order valence-corrected chi connectivity index (χ1v) is 8.13. The summed E-state index contributed by atoms with van der Waals surface area (Å²) in [4.78, 5) is 26.0. The van der Waals surface area contributed by atoms with E-state index in [9.17, 15) is 9.59 Å². The maximum absolute atomic E-state index is 12.3. The van der Waals surface area contributed by atoms with Gasteiger partial charge in [-0.1, -0.05) is 23.7 Å². The van der Waals surface area contributed by atoms with E-state index in [1.165, 1.54) is 12.0 Å². The minimum absolute atomic E-state index is 0.166. The highest BCUT2D eigenvalue weighted by Crippen LogP contribution is 2.29. The molecule has 1 aromatic rings. The predicted molar refractivity (Wildman–Crippen MR) is 92.8 cm³/mol. The molecule has 130 valence electrons. The Labute approximate surface area is 147 Å². The molecule has 1 aromatic carbocycles. The second-order valence-electron chi connectivity index (χ2n) is 6.61. The van der Waals surface area contributed by atoms with Gasteiger partial charge in [0.1, 0.15) is 5.60 Å². The molecule has 0 saturated carbocycles. The molecule has 2 rings (SSSR count). The van der Waals surface area contributed by atoms with Crippen molar-refractivity contribution in [2.45, 2.75) is 32.8 Å². The van der Waals surface area contributed by atoms with E-state index in [-0.39, 0.29) is 6.54 Å². The molecule has 0 spiro atoms. The third kappa shape index (κ3) is 4.51. The van der Waals surface area contributed by atoms with Crippen molar-refractivity contribution in [1.29, 1.82) is 0 Å². The molecule has 6 heteroatoms. The van der Waals surface area contributed by atoms with Crippen LogP contribution in [0.5, 0.6) is 0 Å². The molecule has 0 aromatic heterocycles. The molecule has 0 saturated heterocycles. The number of carbonyl (C=O) groups is 2. The van der Waals surface area contributed by atoms with Gasteiger partial charge in [0.25, 0.3) is 0 Å². The van der Waals surface area contributed by atoms with E-state index in [1.807, 2.05) is 32.9 Å². The maximum atomic E-state index is 12.3. The number of amides is 1. The fraction of sp³-hybridized carbons (Fsp3) is 0.444. The molecule has 1 amide bonds. The largest absolute Gasteiger partial charge is 0.466 e. The molecular weight excluding hydrogens is 330 g/mol. The lowest BCUT2D eigenvalue weighted by Crippen LogP contribution is -2.41. The van der Waals surface area contributed by atoms with Gasteiger partial charge in [0.2, 0.25) is 0 Å². The zero-order chi connectivity index (χ0) is 17.9. The van der Waals surface area contributed by atoms with Crippen LogP contribution in [-0.2, 0) is 14.3 Å². The van der Waals surface area contributed by atoms with Crippen molar-refractivity contribution < 1.29 is 19.1 Å². The first-order chi connectivity index (χ1) is 11.2. The number of hydrogen-bond donors (Lipinski definition) is 0. The van der Waals surface area contributed by atoms with Gasteiger partial charge in [-0.05, 0) is 50.5 Å². The summed E-state index contributed by atoms with van der Waals surface area (Å²) in [5, 5.41) is 0.630. The Morgan fingerprint density at radius 1 is 1.17 bits per heavy atom. The van der Waals surface area contributed by atoms with E-state index in [4.69, 9.17) is 21.1 Å².